The molecule has 6 nitrogen and oxygen atoms in total. The third kappa shape index (κ3) is 8.07. The van der Waals surface area contributed by atoms with E-state index in [1.165, 1.54) is 12.1 Å². The summed E-state index contributed by atoms with van der Waals surface area (Å²) in [4.78, 5) is 15.0. The number of likely N-dealkylation sites (N-methyl/N-ethyl adjacent to an activating group) is 1. The molecule has 2 aliphatic rings. The molecule has 0 aromatic heterocycles. The highest BCUT2D eigenvalue weighted by atomic mass is 19.2. The average Bonchev–Trinajstić information content (AvgIpc) is 2.89. The van der Waals surface area contributed by atoms with Crippen molar-refractivity contribution >= 4 is 6.03 Å². The Kier molecular flexibility index (Phi) is 11.5. The van der Waals surface area contributed by atoms with Crippen LogP contribution in [0.2, 0.25) is 0 Å². The number of carbonyl (C=O) groups excluding carboxylic acids is 1. The third-order valence-electron chi connectivity index (χ3n) is 8.13. The van der Waals surface area contributed by atoms with Gasteiger partial charge >= 0.3 is 6.03 Å². The molecule has 1 aromatic rings. The second-order valence-electron chi connectivity index (χ2n) is 10.8. The number of methoxy groups -OCH3 is 1. The van der Waals surface area contributed by atoms with Gasteiger partial charge in [0.1, 0.15) is 6.17 Å². The van der Waals surface area contributed by atoms with Crippen LogP contribution in [-0.4, -0.2) is 68.6 Å². The maximum Gasteiger partial charge on any atom is 0.317 e. The second-order valence-corrected chi connectivity index (χ2v) is 10.8. The van der Waals surface area contributed by atoms with Gasteiger partial charge in [-0.05, 0) is 83.2 Å². The van der Waals surface area contributed by atoms with Crippen LogP contribution >= 0.6 is 0 Å². The van der Waals surface area contributed by atoms with E-state index in [2.05, 4.69) is 10.6 Å². The van der Waals surface area contributed by atoms with E-state index in [9.17, 15) is 23.1 Å². The molecule has 1 saturated carbocycles. The van der Waals surface area contributed by atoms with Crippen molar-refractivity contribution < 1.29 is 27.8 Å². The van der Waals surface area contributed by atoms with E-state index >= 15 is 0 Å². The number of halogens is 3. The van der Waals surface area contributed by atoms with E-state index in [1.54, 1.807) is 12.0 Å². The summed E-state index contributed by atoms with van der Waals surface area (Å²) in [5.41, 5.74) is -1.65. The molecule has 0 spiro atoms. The number of hydrogen-bond acceptors (Lipinski definition) is 4. The number of nitrogens with one attached hydrogen (secondary N) is 2. The van der Waals surface area contributed by atoms with Gasteiger partial charge in [-0.1, -0.05) is 12.1 Å². The first-order valence-electron chi connectivity index (χ1n) is 13.8. The molecular weight excluding hydrogens is 483 g/mol. The average molecular weight is 528 g/mol. The number of piperidine rings is 1. The minimum Gasteiger partial charge on any atom is -0.385 e. The zero-order chi connectivity index (χ0) is 26.8. The molecule has 3 atom stereocenters. The van der Waals surface area contributed by atoms with Crippen LogP contribution < -0.4 is 10.6 Å². The van der Waals surface area contributed by atoms with E-state index in [1.807, 2.05) is 7.05 Å². The molecule has 1 aromatic carbocycles. The highest BCUT2D eigenvalue weighted by molar-refractivity contribution is 5.74. The van der Waals surface area contributed by atoms with Crippen molar-refractivity contribution in [3.05, 3.63) is 35.4 Å². The number of carbonyl (C=O) groups is 1. The maximum atomic E-state index is 14.9. The number of nitrogens with zero attached hydrogens (tertiary/aromatic N) is 1. The molecule has 0 bridgehead atoms. The summed E-state index contributed by atoms with van der Waals surface area (Å²) < 4.78 is 47.7. The number of urea groups is 1. The van der Waals surface area contributed by atoms with Crippen LogP contribution in [0, 0.1) is 23.5 Å². The number of benzene rings is 1. The lowest BCUT2D eigenvalue weighted by molar-refractivity contribution is -0.0591. The van der Waals surface area contributed by atoms with Crippen LogP contribution in [0.4, 0.5) is 18.0 Å². The van der Waals surface area contributed by atoms with Crippen molar-refractivity contribution in [3.8, 4) is 0 Å². The zero-order valence-electron chi connectivity index (χ0n) is 22.3. The Labute approximate surface area is 219 Å². The first-order chi connectivity index (χ1) is 17.8. The second kappa shape index (κ2) is 14.4. The first-order valence-corrected chi connectivity index (χ1v) is 13.8. The molecule has 0 radical (unpaired) electrons. The summed E-state index contributed by atoms with van der Waals surface area (Å²) in [6, 6.07) is 3.60. The molecule has 9 heteroatoms. The van der Waals surface area contributed by atoms with Crippen molar-refractivity contribution in [3.63, 3.8) is 0 Å². The topological polar surface area (TPSA) is 73.8 Å². The Balaban J connectivity index is 1.70. The summed E-state index contributed by atoms with van der Waals surface area (Å²) in [7, 11) is 3.44. The lowest BCUT2D eigenvalue weighted by atomic mass is 9.74. The zero-order valence-corrected chi connectivity index (χ0v) is 22.3. The molecule has 1 aliphatic carbocycles. The minimum absolute atomic E-state index is 0.0475. The number of likely N-dealkylation sites (tertiary alicyclic amines) is 1. The molecule has 2 fully saturated rings. The molecule has 1 saturated heterocycles. The number of aliphatic hydroxyl groups is 1. The predicted octanol–water partition coefficient (Wildman–Crippen LogP) is 4.90. The fraction of sp³-hybridized carbons (Fsp3) is 0.750. The van der Waals surface area contributed by atoms with Gasteiger partial charge in [0.25, 0.3) is 0 Å². The molecule has 210 valence electrons. The van der Waals surface area contributed by atoms with Crippen LogP contribution in [0.5, 0.6) is 0 Å². The Bertz CT molecular complexity index is 853. The van der Waals surface area contributed by atoms with Crippen LogP contribution in [0.15, 0.2) is 18.2 Å². The van der Waals surface area contributed by atoms with E-state index in [-0.39, 0.29) is 30.6 Å². The van der Waals surface area contributed by atoms with Gasteiger partial charge < -0.3 is 25.4 Å². The van der Waals surface area contributed by atoms with Crippen LogP contribution in [0.3, 0.4) is 0 Å². The minimum atomic E-state index is -1.60. The highest BCUT2D eigenvalue weighted by Crippen LogP contribution is 2.41. The summed E-state index contributed by atoms with van der Waals surface area (Å²) in [6.07, 6.45) is 5.67. The van der Waals surface area contributed by atoms with Crippen molar-refractivity contribution in [1.82, 2.24) is 15.5 Å². The molecule has 3 rings (SSSR count). The molecule has 1 heterocycles. The largest absolute Gasteiger partial charge is 0.385 e. The Morgan fingerprint density at radius 2 is 1.97 bits per heavy atom. The normalized spacial score (nSPS) is 24.9. The molecular formula is C28H44F3N3O3. The van der Waals surface area contributed by atoms with Gasteiger partial charge in [0.05, 0.1) is 5.60 Å². The SMILES string of the molecule is CNC[C@H](C[C@H]1CC[C@H](F)CC1)NC(=O)N1CCC[C@@H]([C@@](O)(CCCCOC)c2cccc(F)c2F)C1. The van der Waals surface area contributed by atoms with Crippen LogP contribution in [0.25, 0.3) is 0 Å². The number of alkyl halides is 1. The smallest absolute Gasteiger partial charge is 0.317 e. The Morgan fingerprint density at radius 3 is 2.68 bits per heavy atom. The molecule has 3 N–H and O–H groups in total. The molecule has 1 aliphatic heterocycles. The third-order valence-corrected chi connectivity index (χ3v) is 8.13. The highest BCUT2D eigenvalue weighted by Gasteiger charge is 2.43. The molecule has 2 amide bonds. The van der Waals surface area contributed by atoms with Crippen molar-refractivity contribution in [2.24, 2.45) is 11.8 Å². The van der Waals surface area contributed by atoms with Crippen molar-refractivity contribution in [1.29, 1.82) is 0 Å². The standard InChI is InChI=1S/C28H44F3N3O3/c1-32-18-23(17-20-10-12-22(29)13-11-20)33-27(35)34-15-6-7-21(19-34)28(36,14-3-4-16-37-2)24-8-5-9-25(30)26(24)31/h5,8-9,20-23,32,36H,3-4,6-7,10-19H2,1-2H3,(H,33,35)/t20-,21-,22-,23+,28+/m1/s1. The number of unbranched alkanes of at least 4 members (excludes halogenated alkanes) is 1. The quantitative estimate of drug-likeness (QED) is 0.338. The first kappa shape index (κ1) is 29.7. The predicted molar refractivity (Wildman–Crippen MR) is 138 cm³/mol. The van der Waals surface area contributed by atoms with Gasteiger partial charge in [-0.2, -0.15) is 0 Å². The van der Waals surface area contributed by atoms with Crippen molar-refractivity contribution in [2.45, 2.75) is 82.0 Å². The van der Waals surface area contributed by atoms with Crippen molar-refractivity contribution in [2.75, 3.05) is 40.4 Å². The van der Waals surface area contributed by atoms with E-state index in [4.69, 9.17) is 4.74 Å². The summed E-state index contributed by atoms with van der Waals surface area (Å²) in [5.74, 6) is -2.08. The van der Waals surface area contributed by atoms with Gasteiger partial charge in [0.2, 0.25) is 0 Å². The summed E-state index contributed by atoms with van der Waals surface area (Å²) in [6.45, 7) is 1.91. The van der Waals surface area contributed by atoms with E-state index in [0.29, 0.717) is 64.1 Å². The molecule has 37 heavy (non-hydrogen) atoms. The Hall–Kier alpha value is -1.84. The van der Waals surface area contributed by atoms with E-state index in [0.717, 1.165) is 25.3 Å². The van der Waals surface area contributed by atoms with Gasteiger partial charge in [-0.25, -0.2) is 18.0 Å². The lowest BCUT2D eigenvalue weighted by Crippen LogP contribution is -2.54. The van der Waals surface area contributed by atoms with Gasteiger partial charge in [0, 0.05) is 50.9 Å². The Morgan fingerprint density at radius 1 is 1.22 bits per heavy atom. The number of ether oxygens (including phenoxy) is 1. The lowest BCUT2D eigenvalue weighted by Gasteiger charge is -2.43. The fourth-order valence-corrected chi connectivity index (χ4v) is 6.05. The molecule has 0 unspecified atom stereocenters. The number of rotatable bonds is 12. The summed E-state index contributed by atoms with van der Waals surface area (Å²) >= 11 is 0. The summed E-state index contributed by atoms with van der Waals surface area (Å²) in [5, 5.41) is 18.1. The van der Waals surface area contributed by atoms with E-state index < -0.39 is 29.3 Å². The van der Waals surface area contributed by atoms with Crippen LogP contribution in [-0.2, 0) is 10.3 Å². The number of amides is 2. The van der Waals surface area contributed by atoms with Gasteiger partial charge in [0.15, 0.2) is 11.6 Å². The number of hydrogen-bond donors (Lipinski definition) is 3. The van der Waals surface area contributed by atoms with Crippen LogP contribution in [0.1, 0.15) is 69.8 Å². The fourth-order valence-electron chi connectivity index (χ4n) is 6.05. The monoisotopic (exact) mass is 527 g/mol. The maximum absolute atomic E-state index is 14.9. The van der Waals surface area contributed by atoms with Gasteiger partial charge in [-0.3, -0.25) is 0 Å². The van der Waals surface area contributed by atoms with Gasteiger partial charge in [-0.15, -0.1) is 0 Å².